The van der Waals surface area contributed by atoms with Crippen LogP contribution in [0.15, 0.2) is 0 Å². The number of hydrogen-bond donors (Lipinski definition) is 0. The van der Waals surface area contributed by atoms with E-state index in [2.05, 4.69) is 0 Å². The van der Waals surface area contributed by atoms with Gasteiger partial charge in [0, 0.05) is 46.3 Å². The van der Waals surface area contributed by atoms with Crippen LogP contribution in [-0.2, 0) is 9.47 Å². The third-order valence-corrected chi connectivity index (χ3v) is 5.56. The number of halogens is 2. The van der Waals surface area contributed by atoms with Gasteiger partial charge < -0.3 is 9.47 Å². The van der Waals surface area contributed by atoms with E-state index in [1.807, 2.05) is 35.3 Å². The van der Waals surface area contributed by atoms with Crippen LogP contribution < -0.4 is 0 Å². The summed E-state index contributed by atoms with van der Waals surface area (Å²) in [5, 5.41) is 0. The molecule has 0 aliphatic rings. The normalized spacial score (nSPS) is 11.1. The molecule has 2 nitrogen and oxygen atoms in total. The van der Waals surface area contributed by atoms with Crippen LogP contribution in [0.2, 0.25) is 0 Å². The Morgan fingerprint density at radius 1 is 0.526 bits per heavy atom. The van der Waals surface area contributed by atoms with Gasteiger partial charge in [0.05, 0.1) is 26.4 Å². The Morgan fingerprint density at radius 2 is 0.842 bits per heavy atom. The van der Waals surface area contributed by atoms with Gasteiger partial charge in [-0.25, -0.2) is 0 Å². The molecule has 0 aliphatic carbocycles. The van der Waals surface area contributed by atoms with Gasteiger partial charge in [0.1, 0.15) is 0 Å². The Labute approximate surface area is 140 Å². The largest absolute Gasteiger partial charge is 0.380 e. The molecule has 0 aromatic carbocycles. The van der Waals surface area contributed by atoms with Gasteiger partial charge in [0.25, 0.3) is 0 Å². The summed E-state index contributed by atoms with van der Waals surface area (Å²) in [7, 11) is 0. The first-order valence-corrected chi connectivity index (χ1v) is 11.0. The molecule has 0 rings (SSSR count). The maximum atomic E-state index is 5.58. The summed E-state index contributed by atoms with van der Waals surface area (Å²) < 4.78 is 11.0. The van der Waals surface area contributed by atoms with E-state index >= 15 is 0 Å². The SMILES string of the molecule is ClCCSCCOCCSCCOCCSCCCl. The van der Waals surface area contributed by atoms with Gasteiger partial charge in [0.15, 0.2) is 0 Å². The van der Waals surface area contributed by atoms with Crippen molar-refractivity contribution in [2.24, 2.45) is 0 Å². The summed E-state index contributed by atoms with van der Waals surface area (Å²) in [5.74, 6) is 7.66. The van der Waals surface area contributed by atoms with E-state index in [0.29, 0.717) is 0 Å². The van der Waals surface area contributed by atoms with Crippen LogP contribution in [0.1, 0.15) is 0 Å². The molecule has 0 radical (unpaired) electrons. The lowest BCUT2D eigenvalue weighted by Crippen LogP contribution is -2.05. The van der Waals surface area contributed by atoms with Crippen molar-refractivity contribution in [1.29, 1.82) is 0 Å². The van der Waals surface area contributed by atoms with Crippen molar-refractivity contribution in [2.75, 3.05) is 72.7 Å². The first kappa shape index (κ1) is 20.6. The fraction of sp³-hybridized carbons (Fsp3) is 1.00. The number of alkyl halides is 2. The van der Waals surface area contributed by atoms with Crippen LogP contribution >= 0.6 is 58.5 Å². The minimum atomic E-state index is 0.727. The second kappa shape index (κ2) is 19.6. The van der Waals surface area contributed by atoms with E-state index in [4.69, 9.17) is 32.7 Å². The zero-order valence-electron chi connectivity index (χ0n) is 11.3. The average Bonchev–Trinajstić information content (AvgIpc) is 2.43. The van der Waals surface area contributed by atoms with Crippen LogP contribution in [-0.4, -0.2) is 72.7 Å². The molecule has 0 aliphatic heterocycles. The molecule has 0 aromatic heterocycles. The monoisotopic (exact) mass is 366 g/mol. The zero-order chi connectivity index (χ0) is 14.0. The summed E-state index contributed by atoms with van der Waals surface area (Å²) in [6, 6.07) is 0. The average molecular weight is 367 g/mol. The zero-order valence-corrected chi connectivity index (χ0v) is 15.2. The van der Waals surface area contributed by atoms with Gasteiger partial charge in [-0.3, -0.25) is 0 Å². The molecule has 0 N–H and O–H groups in total. The molecule has 0 bridgehead atoms. The highest BCUT2D eigenvalue weighted by Gasteiger charge is 1.93. The maximum Gasteiger partial charge on any atom is 0.0557 e. The van der Waals surface area contributed by atoms with Crippen molar-refractivity contribution in [2.45, 2.75) is 0 Å². The third kappa shape index (κ3) is 19.6. The molecule has 0 heterocycles. The van der Waals surface area contributed by atoms with Gasteiger partial charge in [-0.15, -0.1) is 23.2 Å². The topological polar surface area (TPSA) is 18.5 Å². The molecule has 0 spiro atoms. The molecule has 0 unspecified atom stereocenters. The highest BCUT2D eigenvalue weighted by molar-refractivity contribution is 7.99. The molecule has 0 aromatic rings. The van der Waals surface area contributed by atoms with E-state index in [0.717, 1.165) is 72.7 Å². The molecular formula is C12H24Cl2O2S3. The second-order valence-corrected chi connectivity index (χ2v) is 7.87. The van der Waals surface area contributed by atoms with E-state index in [1.54, 1.807) is 0 Å². The van der Waals surface area contributed by atoms with Gasteiger partial charge in [-0.2, -0.15) is 35.3 Å². The Balaban J connectivity index is 2.88. The molecule has 0 saturated heterocycles. The fourth-order valence-electron chi connectivity index (χ4n) is 1.09. The van der Waals surface area contributed by atoms with Gasteiger partial charge in [-0.05, 0) is 0 Å². The number of rotatable bonds is 16. The number of ether oxygens (including phenoxy) is 2. The van der Waals surface area contributed by atoms with Gasteiger partial charge >= 0.3 is 0 Å². The summed E-state index contributed by atoms with van der Waals surface area (Å²) in [4.78, 5) is 0. The van der Waals surface area contributed by atoms with Crippen LogP contribution in [0.3, 0.4) is 0 Å². The quantitative estimate of drug-likeness (QED) is 0.305. The second-order valence-electron chi connectivity index (χ2n) is 3.44. The van der Waals surface area contributed by atoms with Gasteiger partial charge in [-0.1, -0.05) is 0 Å². The number of hydrogen-bond acceptors (Lipinski definition) is 5. The van der Waals surface area contributed by atoms with Crippen LogP contribution in [0.25, 0.3) is 0 Å². The summed E-state index contributed by atoms with van der Waals surface area (Å²) in [6.45, 7) is 3.32. The van der Waals surface area contributed by atoms with Crippen molar-refractivity contribution in [3.8, 4) is 0 Å². The Kier molecular flexibility index (Phi) is 21.1. The Morgan fingerprint density at radius 3 is 1.16 bits per heavy atom. The molecule has 7 heteroatoms. The molecule has 0 fully saturated rings. The predicted octanol–water partition coefficient (Wildman–Crippen LogP) is 3.70. The maximum absolute atomic E-state index is 5.58. The molecule has 0 amide bonds. The standard InChI is InChI=1S/C12H24Cl2O2S3/c13-1-7-17-9-3-15-5-11-19-12-6-16-4-10-18-8-2-14/h1-12H2. The summed E-state index contributed by atoms with van der Waals surface area (Å²) in [5.41, 5.74) is 0. The van der Waals surface area contributed by atoms with Gasteiger partial charge in [0.2, 0.25) is 0 Å². The van der Waals surface area contributed by atoms with E-state index in [-0.39, 0.29) is 0 Å². The van der Waals surface area contributed by atoms with Crippen molar-refractivity contribution in [3.05, 3.63) is 0 Å². The highest BCUT2D eigenvalue weighted by Crippen LogP contribution is 2.03. The smallest absolute Gasteiger partial charge is 0.0557 e. The van der Waals surface area contributed by atoms with E-state index in [1.165, 1.54) is 0 Å². The molecule has 19 heavy (non-hydrogen) atoms. The summed E-state index contributed by atoms with van der Waals surface area (Å²) in [6.07, 6.45) is 0. The van der Waals surface area contributed by atoms with Crippen molar-refractivity contribution in [1.82, 2.24) is 0 Å². The first-order valence-electron chi connectivity index (χ1n) is 6.42. The lowest BCUT2D eigenvalue weighted by molar-refractivity contribution is 0.164. The molecule has 0 atom stereocenters. The lowest BCUT2D eigenvalue weighted by Gasteiger charge is -2.05. The Bertz CT molecular complexity index is 152. The molecular weight excluding hydrogens is 343 g/mol. The van der Waals surface area contributed by atoms with Crippen molar-refractivity contribution < 1.29 is 9.47 Å². The number of thioether (sulfide) groups is 3. The van der Waals surface area contributed by atoms with E-state index < -0.39 is 0 Å². The Hall–Kier alpha value is 1.55. The first-order chi connectivity index (χ1) is 9.41. The molecule has 0 saturated carbocycles. The third-order valence-electron chi connectivity index (χ3n) is 1.93. The van der Waals surface area contributed by atoms with Crippen molar-refractivity contribution >= 4 is 58.5 Å². The van der Waals surface area contributed by atoms with E-state index in [9.17, 15) is 0 Å². The van der Waals surface area contributed by atoms with Crippen LogP contribution in [0, 0.1) is 0 Å². The van der Waals surface area contributed by atoms with Crippen LogP contribution in [0.5, 0.6) is 0 Å². The minimum Gasteiger partial charge on any atom is -0.380 e. The van der Waals surface area contributed by atoms with Crippen LogP contribution in [0.4, 0.5) is 0 Å². The van der Waals surface area contributed by atoms with Crippen molar-refractivity contribution in [3.63, 3.8) is 0 Å². The fourth-order valence-corrected chi connectivity index (χ4v) is 3.52. The lowest BCUT2D eigenvalue weighted by atomic mass is 10.8. The predicted molar refractivity (Wildman–Crippen MR) is 95.1 cm³/mol. The minimum absolute atomic E-state index is 0.727. The summed E-state index contributed by atoms with van der Waals surface area (Å²) >= 11 is 16.7. The molecule has 116 valence electrons. The highest BCUT2D eigenvalue weighted by atomic mass is 35.5.